The number of hydrogen-bond acceptors (Lipinski definition) is 15. The number of carbonyl (C=O) groups is 4. The maximum absolute atomic E-state index is 15.1. The van der Waals surface area contributed by atoms with Crippen molar-refractivity contribution < 1.29 is 38.1 Å². The molecule has 2 N–H and O–H groups in total. The summed E-state index contributed by atoms with van der Waals surface area (Å²) in [6, 6.07) is 7.65. The van der Waals surface area contributed by atoms with Crippen LogP contribution < -0.4 is 15.6 Å². The van der Waals surface area contributed by atoms with Crippen LogP contribution in [0.1, 0.15) is 110 Å². The first-order valence-corrected chi connectivity index (χ1v) is 29.2. The van der Waals surface area contributed by atoms with E-state index in [-0.39, 0.29) is 49.2 Å². The Hall–Kier alpha value is -5.02. The van der Waals surface area contributed by atoms with Crippen LogP contribution in [-0.4, -0.2) is 175 Å². The van der Waals surface area contributed by atoms with Crippen molar-refractivity contribution in [2.24, 2.45) is 23.2 Å². The first kappa shape index (κ1) is 55.3. The molecule has 418 valence electrons. The minimum absolute atomic E-state index is 0.0268. The zero-order chi connectivity index (χ0) is 54.4. The van der Waals surface area contributed by atoms with Gasteiger partial charge in [-0.05, 0) is 103 Å². The molecule has 0 radical (unpaired) electrons. The summed E-state index contributed by atoms with van der Waals surface area (Å²) in [7, 11) is 3.78. The quantitative estimate of drug-likeness (QED) is 0.131. The van der Waals surface area contributed by atoms with Crippen molar-refractivity contribution >= 4 is 51.6 Å². The fourth-order valence-electron chi connectivity index (χ4n) is 12.2. The number of pyridine rings is 1. The SMILES string of the molecule is CCO[C@@H]1c2nc(cs2)-c2ccc3c(c2)c(c(-c2cc(N4CCN(C5CC5)CC4)cnc2[C@H](C)OC)n3CCOC(C)C)CC(C)(C)COC(=O)[C@@H]2CCCN(N2)C(=O)[C@H]1NC(=O)[C@@H]1[C@@H](C)[C@H]1C(=O)N1CCN(C)[C@H](C)C1. The van der Waals surface area contributed by atoms with Crippen molar-refractivity contribution in [2.75, 3.05) is 91.2 Å². The number of ether oxygens (including phenoxy) is 4. The molecule has 4 aliphatic heterocycles. The number of nitrogens with zero attached hydrogens (tertiary/aromatic N) is 8. The summed E-state index contributed by atoms with van der Waals surface area (Å²) >= 11 is 1.37. The standard InChI is InChI=1S/C58H82N10O8S/c1-11-74-52-50(61-53(69)47-36(5)48(47)55(70)66-20-19-63(9)35(4)31-66)56(71)68-18-12-13-44(62-68)57(72)76-33-58(7,8)29-43-41-27-38(45-32-77-54(52)60-45)14-17-46(41)67(25-26-75-34(2)3)51(43)42-28-40(30-59-49(42)37(6)73-10)65-23-21-64(22-24-65)39-15-16-39/h14,17,27-28,30,32,34-37,39,44,47-48,50,52,62H,11-13,15-16,18-26,29,31,33H2,1-10H3,(H,61,69)/t35-,36-,37+,44+,47-,48-,50+,52+/m1/s1. The Labute approximate surface area is 458 Å². The average Bonchev–Trinajstić information content (AvgIpc) is 4.37. The molecule has 3 aromatic heterocycles. The van der Waals surface area contributed by atoms with Crippen molar-refractivity contribution in [3.05, 3.63) is 52.1 Å². The summed E-state index contributed by atoms with van der Waals surface area (Å²) in [4.78, 5) is 77.6. The lowest BCUT2D eigenvalue weighted by molar-refractivity contribution is -0.156. The molecule has 3 saturated heterocycles. The van der Waals surface area contributed by atoms with E-state index in [1.807, 2.05) is 37.2 Å². The van der Waals surface area contributed by atoms with Crippen molar-refractivity contribution in [3.63, 3.8) is 0 Å². The lowest BCUT2D eigenvalue weighted by Gasteiger charge is -2.38. The van der Waals surface area contributed by atoms with Gasteiger partial charge in [-0.25, -0.2) is 10.4 Å². The largest absolute Gasteiger partial charge is 0.464 e. The highest BCUT2D eigenvalue weighted by molar-refractivity contribution is 7.10. The second-order valence-electron chi connectivity index (χ2n) is 23.6. The second-order valence-corrected chi connectivity index (χ2v) is 24.5. The first-order valence-electron chi connectivity index (χ1n) is 28.3. The Bertz CT molecular complexity index is 2800. The summed E-state index contributed by atoms with van der Waals surface area (Å²) in [5.74, 6) is -2.64. The number of esters is 1. The number of carbonyl (C=O) groups excluding carboxylic acids is 4. The number of amides is 3. The molecule has 7 heterocycles. The minimum Gasteiger partial charge on any atom is -0.464 e. The highest BCUT2D eigenvalue weighted by atomic mass is 32.1. The van der Waals surface area contributed by atoms with Gasteiger partial charge in [-0.3, -0.25) is 34.1 Å². The van der Waals surface area contributed by atoms with E-state index in [2.05, 4.69) is 95.9 Å². The summed E-state index contributed by atoms with van der Waals surface area (Å²) in [6.45, 7) is 23.8. The number of fused-ring (bicyclic) bond motifs is 6. The van der Waals surface area contributed by atoms with Crippen LogP contribution in [0.15, 0.2) is 35.8 Å². The molecule has 19 heteroatoms. The van der Waals surface area contributed by atoms with Crippen LogP contribution in [0.25, 0.3) is 33.4 Å². The third-order valence-corrected chi connectivity index (χ3v) is 18.0. The number of rotatable bonds is 14. The molecule has 10 rings (SSSR count). The van der Waals surface area contributed by atoms with Crippen LogP contribution >= 0.6 is 11.3 Å². The van der Waals surface area contributed by atoms with Crippen LogP contribution in [0.5, 0.6) is 0 Å². The highest BCUT2D eigenvalue weighted by Crippen LogP contribution is 2.48. The van der Waals surface area contributed by atoms with Gasteiger partial charge in [-0.1, -0.05) is 26.8 Å². The number of benzene rings is 1. The predicted octanol–water partition coefficient (Wildman–Crippen LogP) is 6.47. The topological polar surface area (TPSA) is 176 Å². The summed E-state index contributed by atoms with van der Waals surface area (Å²) in [5.41, 5.74) is 10.2. The van der Waals surface area contributed by atoms with Gasteiger partial charge in [0, 0.05) is 118 Å². The van der Waals surface area contributed by atoms with Gasteiger partial charge >= 0.3 is 5.97 Å². The molecular formula is C58H82N10O8S. The Balaban J connectivity index is 1.07. The zero-order valence-corrected chi connectivity index (χ0v) is 47.8. The van der Waals surface area contributed by atoms with Crippen LogP contribution in [-0.2, 0) is 51.1 Å². The number of hydrazine groups is 1. The Kier molecular flexibility index (Phi) is 16.5. The molecule has 77 heavy (non-hydrogen) atoms. The molecule has 2 saturated carbocycles. The maximum Gasteiger partial charge on any atom is 0.324 e. The molecule has 3 amide bonds. The number of cyclic esters (lactones) is 1. The number of hydrogen-bond donors (Lipinski definition) is 2. The van der Waals surface area contributed by atoms with Crippen molar-refractivity contribution in [1.29, 1.82) is 0 Å². The zero-order valence-electron chi connectivity index (χ0n) is 47.0. The first-order chi connectivity index (χ1) is 36.9. The number of aromatic nitrogens is 3. The van der Waals surface area contributed by atoms with E-state index in [1.54, 1.807) is 7.11 Å². The molecule has 8 atom stereocenters. The molecule has 18 nitrogen and oxygen atoms in total. The van der Waals surface area contributed by atoms with Gasteiger partial charge in [-0.15, -0.1) is 11.3 Å². The maximum atomic E-state index is 15.1. The monoisotopic (exact) mass is 1080 g/mol. The number of likely N-dealkylation sites (N-methyl/N-ethyl adjacent to an activating group) is 1. The third-order valence-electron chi connectivity index (χ3n) is 17.1. The van der Waals surface area contributed by atoms with Crippen LogP contribution in [0.2, 0.25) is 0 Å². The number of methoxy groups -OCH3 is 1. The number of anilines is 1. The molecule has 0 spiro atoms. The Morgan fingerprint density at radius 1 is 1.00 bits per heavy atom. The minimum atomic E-state index is -1.23. The Morgan fingerprint density at radius 2 is 1.78 bits per heavy atom. The van der Waals surface area contributed by atoms with Crippen LogP contribution in [0, 0.1) is 23.2 Å². The molecular weight excluding hydrogens is 997 g/mol. The summed E-state index contributed by atoms with van der Waals surface area (Å²) < 4.78 is 27.5. The van der Waals surface area contributed by atoms with Gasteiger partial charge in [0.2, 0.25) is 11.8 Å². The molecule has 6 aliphatic rings. The highest BCUT2D eigenvalue weighted by Gasteiger charge is 2.58. The summed E-state index contributed by atoms with van der Waals surface area (Å²) in [6.07, 6.45) is 4.82. The van der Waals surface area contributed by atoms with Crippen molar-refractivity contribution in [3.8, 4) is 22.5 Å². The van der Waals surface area contributed by atoms with E-state index in [1.165, 1.54) is 29.2 Å². The van der Waals surface area contributed by atoms with E-state index in [0.717, 1.165) is 83.4 Å². The normalized spacial score (nSPS) is 26.9. The van der Waals surface area contributed by atoms with Gasteiger partial charge < -0.3 is 43.5 Å². The molecule has 4 aromatic rings. The van der Waals surface area contributed by atoms with Crippen molar-refractivity contribution in [1.82, 2.24) is 45.0 Å². The third kappa shape index (κ3) is 11.7. The van der Waals surface area contributed by atoms with E-state index in [0.29, 0.717) is 62.7 Å². The number of nitrogens with one attached hydrogen (secondary N) is 2. The van der Waals surface area contributed by atoms with Crippen LogP contribution in [0.4, 0.5) is 5.69 Å². The van der Waals surface area contributed by atoms with Crippen LogP contribution in [0.3, 0.4) is 0 Å². The van der Waals surface area contributed by atoms with E-state index >= 15 is 4.79 Å². The number of piperazine rings is 2. The fraction of sp³-hybridized carbons (Fsp3) is 0.655. The molecule has 1 aromatic carbocycles. The fourth-order valence-corrected chi connectivity index (χ4v) is 13.1. The number of thiazole rings is 1. The second kappa shape index (κ2) is 23.0. The van der Waals surface area contributed by atoms with E-state index < -0.39 is 47.3 Å². The van der Waals surface area contributed by atoms with Gasteiger partial charge in [0.05, 0.1) is 66.2 Å². The van der Waals surface area contributed by atoms with E-state index in [4.69, 9.17) is 28.9 Å². The average molecular weight is 1080 g/mol. The lowest BCUT2D eigenvalue weighted by Crippen LogP contribution is -2.61. The van der Waals surface area contributed by atoms with Gasteiger partial charge in [0.1, 0.15) is 23.2 Å². The van der Waals surface area contributed by atoms with Gasteiger partial charge in [0.25, 0.3) is 5.91 Å². The predicted molar refractivity (Wildman–Crippen MR) is 297 cm³/mol. The van der Waals surface area contributed by atoms with Gasteiger partial charge in [-0.2, -0.15) is 0 Å². The molecule has 5 fully saturated rings. The molecule has 2 aliphatic carbocycles. The molecule has 0 unspecified atom stereocenters. The lowest BCUT2D eigenvalue weighted by atomic mass is 9.84. The van der Waals surface area contributed by atoms with Crippen molar-refractivity contribution in [2.45, 2.75) is 137 Å². The smallest absolute Gasteiger partial charge is 0.324 e. The van der Waals surface area contributed by atoms with Gasteiger partial charge in [0.15, 0.2) is 0 Å². The van der Waals surface area contributed by atoms with E-state index in [9.17, 15) is 14.4 Å². The molecule has 6 bridgehead atoms. The Morgan fingerprint density at radius 3 is 2.49 bits per heavy atom. The summed E-state index contributed by atoms with van der Waals surface area (Å²) in [5, 5.41) is 8.07.